The van der Waals surface area contributed by atoms with Gasteiger partial charge in [-0.05, 0) is 0 Å². The number of aliphatic carboxylic acids is 1. The maximum atomic E-state index is 11.4. The highest BCUT2D eigenvalue weighted by Crippen LogP contribution is 2.34. The van der Waals surface area contributed by atoms with Crippen molar-refractivity contribution in [2.24, 2.45) is 0 Å². The van der Waals surface area contributed by atoms with Gasteiger partial charge in [-0.2, -0.15) is 0 Å². The van der Waals surface area contributed by atoms with Gasteiger partial charge in [0.1, 0.15) is 54.9 Å². The van der Waals surface area contributed by atoms with Crippen molar-refractivity contribution in [3.8, 4) is 0 Å². The van der Waals surface area contributed by atoms with Gasteiger partial charge in [0.15, 0.2) is 12.6 Å². The molecule has 0 spiro atoms. The van der Waals surface area contributed by atoms with E-state index in [9.17, 15) is 55.9 Å². The van der Waals surface area contributed by atoms with Crippen LogP contribution < -0.4 is 0 Å². The molecular formula is C18H30O16. The molecule has 0 amide bonds. The van der Waals surface area contributed by atoms with Crippen LogP contribution in [0.2, 0.25) is 0 Å². The van der Waals surface area contributed by atoms with Crippen LogP contribution in [0.15, 0.2) is 0 Å². The first-order valence-corrected chi connectivity index (χ1v) is 10.5. The van der Waals surface area contributed by atoms with Crippen LogP contribution in [0, 0.1) is 0 Å². The fourth-order valence-corrected chi connectivity index (χ4v) is 4.04. The normalized spacial score (nSPS) is 48.2. The molecule has 0 unspecified atom stereocenters. The monoisotopic (exact) mass is 502 g/mol. The Morgan fingerprint density at radius 1 is 0.912 bits per heavy atom. The van der Waals surface area contributed by atoms with Gasteiger partial charge in [0, 0.05) is 6.42 Å². The average molecular weight is 502 g/mol. The number of rotatable bonds is 9. The van der Waals surface area contributed by atoms with Crippen LogP contribution >= 0.6 is 0 Å². The largest absolute Gasteiger partial charge is 0.477 e. The Balaban J connectivity index is 1.78. The number of hydrogen-bond donors (Lipinski definition) is 10. The Morgan fingerprint density at radius 2 is 1.50 bits per heavy atom. The third-order valence-electron chi connectivity index (χ3n) is 6.00. The van der Waals surface area contributed by atoms with E-state index in [-0.39, 0.29) is 0 Å². The second kappa shape index (κ2) is 10.9. The van der Waals surface area contributed by atoms with Gasteiger partial charge < -0.3 is 74.7 Å². The van der Waals surface area contributed by atoms with Crippen molar-refractivity contribution in [3.63, 3.8) is 0 Å². The molecular weight excluding hydrogens is 472 g/mol. The fraction of sp³-hybridized carbons (Fsp3) is 0.944. The molecule has 0 saturated carbocycles. The molecule has 3 rings (SSSR count). The first-order valence-electron chi connectivity index (χ1n) is 10.5. The van der Waals surface area contributed by atoms with Gasteiger partial charge in [0.05, 0.1) is 25.9 Å². The lowest BCUT2D eigenvalue weighted by Gasteiger charge is -2.43. The van der Waals surface area contributed by atoms with Crippen molar-refractivity contribution in [1.82, 2.24) is 0 Å². The molecule has 0 aromatic carbocycles. The molecule has 0 radical (unpaired) electrons. The summed E-state index contributed by atoms with van der Waals surface area (Å²) < 4.78 is 26.6. The highest BCUT2D eigenvalue weighted by atomic mass is 16.8. The molecule has 10 N–H and O–H groups in total. The van der Waals surface area contributed by atoms with E-state index in [0.717, 1.165) is 0 Å². The summed E-state index contributed by atoms with van der Waals surface area (Å²) in [5.74, 6) is -4.77. The number of carboxylic acids is 1. The van der Waals surface area contributed by atoms with E-state index in [1.54, 1.807) is 0 Å². The van der Waals surface area contributed by atoms with E-state index in [1.807, 2.05) is 0 Å². The molecule has 3 saturated heterocycles. The van der Waals surface area contributed by atoms with Gasteiger partial charge in [0.25, 0.3) is 5.79 Å². The molecule has 3 aliphatic rings. The third-order valence-corrected chi connectivity index (χ3v) is 6.00. The molecule has 34 heavy (non-hydrogen) atoms. The van der Waals surface area contributed by atoms with Gasteiger partial charge in [0.2, 0.25) is 0 Å². The van der Waals surface area contributed by atoms with Crippen molar-refractivity contribution >= 4 is 5.97 Å². The Labute approximate surface area is 192 Å². The SMILES string of the molecule is O=C(O)[C@]1(O)C[C@@H](O)[C@@H](O)[C@@H]([C@@H](CO)O[C@@H]2O[C@H](CO)[C@@H](O)[C@H]2O[C@@H]2O[C@H](CO)[C@@H](O)[C@H]2O)O1. The molecule has 3 aliphatic heterocycles. The Hall–Kier alpha value is -1.09. The van der Waals surface area contributed by atoms with E-state index in [0.29, 0.717) is 0 Å². The minimum atomic E-state index is -2.91. The third kappa shape index (κ3) is 5.20. The summed E-state index contributed by atoms with van der Waals surface area (Å²) in [5.41, 5.74) is 0. The second-order valence-corrected chi connectivity index (χ2v) is 8.31. The quantitative estimate of drug-likeness (QED) is 0.140. The van der Waals surface area contributed by atoms with Crippen LogP contribution in [0.4, 0.5) is 0 Å². The second-order valence-electron chi connectivity index (χ2n) is 8.31. The number of aliphatic hydroxyl groups excluding tert-OH is 8. The van der Waals surface area contributed by atoms with Crippen molar-refractivity contribution in [2.45, 2.75) is 85.8 Å². The smallest absolute Gasteiger partial charge is 0.364 e. The van der Waals surface area contributed by atoms with Crippen LogP contribution in [-0.4, -0.2) is 156 Å². The zero-order valence-electron chi connectivity index (χ0n) is 17.7. The van der Waals surface area contributed by atoms with Gasteiger partial charge in [-0.3, -0.25) is 0 Å². The number of ether oxygens (including phenoxy) is 5. The standard InChI is InChI=1S/C18H30O16/c19-2-6-10(24)12(26)15(30-6)33-14-11(25)7(3-20)31-16(14)32-8(4-21)13-9(23)5(22)1-18(29,34-13)17(27)28/h5-16,19-26,29H,1-4H2,(H,27,28)/t5-,6-,7-,8-,9-,10-,11-,12-,13-,14-,15+,16+,18+/m1/s1. The molecule has 16 nitrogen and oxygen atoms in total. The van der Waals surface area contributed by atoms with Crippen molar-refractivity contribution in [2.75, 3.05) is 19.8 Å². The molecule has 0 bridgehead atoms. The van der Waals surface area contributed by atoms with Crippen LogP contribution in [0.25, 0.3) is 0 Å². The van der Waals surface area contributed by atoms with E-state index in [4.69, 9.17) is 23.7 Å². The predicted molar refractivity (Wildman–Crippen MR) is 100 cm³/mol. The van der Waals surface area contributed by atoms with Crippen LogP contribution in [0.1, 0.15) is 6.42 Å². The van der Waals surface area contributed by atoms with Crippen molar-refractivity contribution in [3.05, 3.63) is 0 Å². The van der Waals surface area contributed by atoms with Gasteiger partial charge in [-0.15, -0.1) is 0 Å². The van der Waals surface area contributed by atoms with Gasteiger partial charge in [-0.1, -0.05) is 0 Å². The number of hydrogen-bond acceptors (Lipinski definition) is 15. The Bertz CT molecular complexity index is 695. The van der Waals surface area contributed by atoms with Crippen LogP contribution in [-0.2, 0) is 28.5 Å². The molecule has 0 aromatic heterocycles. The van der Waals surface area contributed by atoms with Gasteiger partial charge >= 0.3 is 5.97 Å². The summed E-state index contributed by atoms with van der Waals surface area (Å²) in [6.45, 7) is -2.33. The fourth-order valence-electron chi connectivity index (χ4n) is 4.04. The lowest BCUT2D eigenvalue weighted by molar-refractivity contribution is -0.328. The summed E-state index contributed by atoms with van der Waals surface area (Å²) >= 11 is 0. The minimum absolute atomic E-state index is 0.653. The van der Waals surface area contributed by atoms with E-state index in [2.05, 4.69) is 0 Å². The molecule has 16 heteroatoms. The van der Waals surface area contributed by atoms with Crippen LogP contribution in [0.3, 0.4) is 0 Å². The first kappa shape index (κ1) is 27.5. The van der Waals surface area contributed by atoms with Gasteiger partial charge in [-0.25, -0.2) is 4.79 Å². The molecule has 0 aliphatic carbocycles. The van der Waals surface area contributed by atoms with Crippen molar-refractivity contribution in [1.29, 1.82) is 0 Å². The highest BCUT2D eigenvalue weighted by molar-refractivity contribution is 5.75. The van der Waals surface area contributed by atoms with E-state index >= 15 is 0 Å². The number of aliphatic hydroxyl groups is 9. The Morgan fingerprint density at radius 3 is 2.03 bits per heavy atom. The number of carbonyl (C=O) groups is 1. The average Bonchev–Trinajstić information content (AvgIpc) is 3.25. The maximum Gasteiger partial charge on any atom is 0.364 e. The van der Waals surface area contributed by atoms with E-state index in [1.165, 1.54) is 0 Å². The molecule has 13 atom stereocenters. The molecule has 198 valence electrons. The number of carboxylic acid groups (broad SMARTS) is 1. The summed E-state index contributed by atoms with van der Waals surface area (Å²) in [5, 5.41) is 98.5. The summed E-state index contributed by atoms with van der Waals surface area (Å²) in [7, 11) is 0. The lowest BCUT2D eigenvalue weighted by atomic mass is 9.92. The summed E-state index contributed by atoms with van der Waals surface area (Å²) in [4.78, 5) is 11.4. The molecule has 3 fully saturated rings. The predicted octanol–water partition coefficient (Wildman–Crippen LogP) is -6.45. The Kier molecular flexibility index (Phi) is 8.81. The maximum absolute atomic E-state index is 11.4. The first-order chi connectivity index (χ1) is 16.0. The minimum Gasteiger partial charge on any atom is -0.477 e. The van der Waals surface area contributed by atoms with Crippen LogP contribution in [0.5, 0.6) is 0 Å². The summed E-state index contributed by atoms with van der Waals surface area (Å²) in [6.07, 6.45) is -19.9. The highest BCUT2D eigenvalue weighted by Gasteiger charge is 2.55. The molecule has 0 aromatic rings. The van der Waals surface area contributed by atoms with Crippen molar-refractivity contribution < 1.29 is 79.5 Å². The lowest BCUT2D eigenvalue weighted by Crippen LogP contribution is -2.62. The molecule has 3 heterocycles. The summed E-state index contributed by atoms with van der Waals surface area (Å²) in [6, 6.07) is 0. The van der Waals surface area contributed by atoms with E-state index < -0.39 is 112 Å². The topological polar surface area (TPSA) is 266 Å². The zero-order valence-corrected chi connectivity index (χ0v) is 17.7. The zero-order chi connectivity index (χ0) is 25.4.